The van der Waals surface area contributed by atoms with Crippen LogP contribution >= 0.6 is 0 Å². The third-order valence-electron chi connectivity index (χ3n) is 6.71. The van der Waals surface area contributed by atoms with Crippen molar-refractivity contribution in [3.05, 3.63) is 29.3 Å². The summed E-state index contributed by atoms with van der Waals surface area (Å²) in [5, 5.41) is 9.72. The topological polar surface area (TPSA) is 37.3 Å². The van der Waals surface area contributed by atoms with E-state index in [1.54, 1.807) is 12.1 Å². The van der Waals surface area contributed by atoms with Crippen molar-refractivity contribution in [2.45, 2.75) is 51.6 Å². The minimum Gasteiger partial charge on any atom is -0.508 e. The molecule has 6 atom stereocenters. The van der Waals surface area contributed by atoms with E-state index in [1.165, 1.54) is 0 Å². The quantitative estimate of drug-likeness (QED) is 0.786. The molecule has 2 fully saturated rings. The highest BCUT2D eigenvalue weighted by Gasteiger charge is 2.59. The number of fused-ring (bicyclic) bond motifs is 5. The van der Waals surface area contributed by atoms with E-state index >= 15 is 4.39 Å². The fourth-order valence-corrected chi connectivity index (χ4v) is 5.73. The van der Waals surface area contributed by atoms with Gasteiger partial charge >= 0.3 is 0 Å². The van der Waals surface area contributed by atoms with Gasteiger partial charge in [0.25, 0.3) is 0 Å². The van der Waals surface area contributed by atoms with E-state index in [2.05, 4.69) is 6.92 Å². The molecule has 118 valence electrons. The van der Waals surface area contributed by atoms with Crippen LogP contribution in [0.2, 0.25) is 0 Å². The van der Waals surface area contributed by atoms with Gasteiger partial charge in [-0.15, -0.1) is 0 Å². The third kappa shape index (κ3) is 1.74. The van der Waals surface area contributed by atoms with Crippen LogP contribution in [0.25, 0.3) is 0 Å². The second-order valence-electron chi connectivity index (χ2n) is 7.87. The van der Waals surface area contributed by atoms with Gasteiger partial charge in [-0.05, 0) is 60.3 Å². The molecule has 3 aliphatic carbocycles. The summed E-state index contributed by atoms with van der Waals surface area (Å²) >= 11 is 0. The highest BCUT2D eigenvalue weighted by atomic mass is 19.1. The van der Waals surface area contributed by atoms with Gasteiger partial charge in [0.1, 0.15) is 17.7 Å². The van der Waals surface area contributed by atoms with Gasteiger partial charge in [-0.3, -0.25) is 4.79 Å². The van der Waals surface area contributed by atoms with Crippen molar-refractivity contribution in [3.8, 4) is 5.75 Å². The number of ketones is 1. The molecular formula is C19H23FO2. The summed E-state index contributed by atoms with van der Waals surface area (Å²) in [6.45, 7) is 4.18. The number of rotatable bonds is 0. The number of alkyl halides is 1. The summed E-state index contributed by atoms with van der Waals surface area (Å²) in [5.41, 5.74) is 1.70. The van der Waals surface area contributed by atoms with Crippen LogP contribution in [0.3, 0.4) is 0 Å². The number of benzene rings is 1. The first kappa shape index (κ1) is 14.2. The van der Waals surface area contributed by atoms with E-state index in [1.807, 2.05) is 13.0 Å². The number of hydrogen-bond acceptors (Lipinski definition) is 2. The van der Waals surface area contributed by atoms with Crippen LogP contribution in [0.5, 0.6) is 5.75 Å². The first-order valence-electron chi connectivity index (χ1n) is 8.41. The zero-order valence-electron chi connectivity index (χ0n) is 13.2. The summed E-state index contributed by atoms with van der Waals surface area (Å²) in [5.74, 6) is 1.33. The van der Waals surface area contributed by atoms with Crippen molar-refractivity contribution in [2.24, 2.45) is 23.2 Å². The lowest BCUT2D eigenvalue weighted by Gasteiger charge is -2.52. The number of halogens is 1. The molecule has 1 aromatic carbocycles. The molecule has 0 aliphatic heterocycles. The van der Waals surface area contributed by atoms with Crippen molar-refractivity contribution in [2.75, 3.05) is 0 Å². The lowest BCUT2D eigenvalue weighted by molar-refractivity contribution is -0.132. The molecule has 3 heteroatoms. The molecule has 3 aliphatic rings. The molecule has 1 N–H and O–H groups in total. The Hall–Kier alpha value is -1.38. The summed E-state index contributed by atoms with van der Waals surface area (Å²) in [6, 6.07) is 5.37. The Morgan fingerprint density at radius 3 is 2.91 bits per heavy atom. The molecule has 22 heavy (non-hydrogen) atoms. The van der Waals surface area contributed by atoms with Gasteiger partial charge in [-0.1, -0.05) is 19.9 Å². The average Bonchev–Trinajstić information content (AvgIpc) is 2.74. The van der Waals surface area contributed by atoms with Gasteiger partial charge in [0, 0.05) is 17.8 Å². The molecule has 2 saturated carbocycles. The molecule has 0 aromatic heterocycles. The molecule has 0 saturated heterocycles. The lowest BCUT2D eigenvalue weighted by Crippen LogP contribution is -2.50. The number of phenolic OH excluding ortho intramolecular Hbond substituents is 1. The van der Waals surface area contributed by atoms with E-state index in [4.69, 9.17) is 0 Å². The second kappa shape index (κ2) is 4.56. The van der Waals surface area contributed by atoms with Crippen molar-refractivity contribution < 1.29 is 14.3 Å². The molecule has 1 aromatic rings. The first-order chi connectivity index (χ1) is 10.4. The number of carbonyl (C=O) groups is 1. The van der Waals surface area contributed by atoms with Crippen molar-refractivity contribution in [1.29, 1.82) is 0 Å². The second-order valence-corrected chi connectivity index (χ2v) is 7.87. The molecule has 0 heterocycles. The van der Waals surface area contributed by atoms with E-state index in [9.17, 15) is 9.90 Å². The summed E-state index contributed by atoms with van der Waals surface area (Å²) in [7, 11) is 0. The number of phenols is 1. The largest absolute Gasteiger partial charge is 0.508 e. The molecule has 0 amide bonds. The zero-order chi connectivity index (χ0) is 15.6. The van der Waals surface area contributed by atoms with E-state index in [0.29, 0.717) is 24.7 Å². The van der Waals surface area contributed by atoms with Gasteiger partial charge in [0.2, 0.25) is 0 Å². The predicted octanol–water partition coefficient (Wildman–Crippen LogP) is 4.01. The molecule has 0 spiro atoms. The number of aromatic hydroxyl groups is 1. The smallest absolute Gasteiger partial charge is 0.139 e. The molecule has 0 unspecified atom stereocenters. The predicted molar refractivity (Wildman–Crippen MR) is 82.6 cm³/mol. The van der Waals surface area contributed by atoms with Crippen LogP contribution in [0, 0.1) is 23.2 Å². The Labute approximate surface area is 130 Å². The van der Waals surface area contributed by atoms with Crippen LogP contribution in [0.4, 0.5) is 4.39 Å². The fourth-order valence-electron chi connectivity index (χ4n) is 5.73. The monoisotopic (exact) mass is 302 g/mol. The van der Waals surface area contributed by atoms with Crippen molar-refractivity contribution in [1.82, 2.24) is 0 Å². The van der Waals surface area contributed by atoms with Gasteiger partial charge in [-0.25, -0.2) is 4.39 Å². The summed E-state index contributed by atoms with van der Waals surface area (Å²) < 4.78 is 15.1. The Kier molecular flexibility index (Phi) is 2.95. The van der Waals surface area contributed by atoms with Crippen LogP contribution in [-0.2, 0) is 11.2 Å². The SMILES string of the molecule is C[C@@H]1Cc2cc(O)ccc2[C@@H]2[C@@H]1[C@@H]1CCC(=O)[C@@]1(C)C[C@@H]2F. The third-order valence-corrected chi connectivity index (χ3v) is 6.71. The average molecular weight is 302 g/mol. The van der Waals surface area contributed by atoms with Gasteiger partial charge in [-0.2, -0.15) is 0 Å². The first-order valence-corrected chi connectivity index (χ1v) is 8.41. The minimum absolute atomic E-state index is 0.108. The number of hydrogen-bond donors (Lipinski definition) is 1. The summed E-state index contributed by atoms with van der Waals surface area (Å²) in [6.07, 6.45) is 1.82. The van der Waals surface area contributed by atoms with Crippen molar-refractivity contribution in [3.63, 3.8) is 0 Å². The minimum atomic E-state index is -0.959. The molecular weight excluding hydrogens is 279 g/mol. The molecule has 0 bridgehead atoms. The normalized spacial score (nSPS) is 43.4. The number of carbonyl (C=O) groups excluding carboxylic acids is 1. The summed E-state index contributed by atoms with van der Waals surface area (Å²) in [4.78, 5) is 12.3. The highest BCUT2D eigenvalue weighted by Crippen LogP contribution is 2.61. The van der Waals surface area contributed by atoms with Crippen LogP contribution < -0.4 is 0 Å². The maximum atomic E-state index is 15.1. The van der Waals surface area contributed by atoms with E-state index < -0.39 is 11.6 Å². The van der Waals surface area contributed by atoms with Gasteiger partial charge < -0.3 is 5.11 Å². The van der Waals surface area contributed by atoms with Crippen molar-refractivity contribution >= 4 is 5.78 Å². The Balaban J connectivity index is 1.82. The van der Waals surface area contributed by atoms with Gasteiger partial charge in [0.05, 0.1) is 0 Å². The molecule has 2 nitrogen and oxygen atoms in total. The molecule has 0 radical (unpaired) electrons. The Bertz CT molecular complexity index is 640. The van der Waals surface area contributed by atoms with E-state index in [-0.39, 0.29) is 23.4 Å². The lowest BCUT2D eigenvalue weighted by atomic mass is 9.52. The maximum Gasteiger partial charge on any atom is 0.139 e. The van der Waals surface area contributed by atoms with Crippen LogP contribution in [0.1, 0.15) is 50.2 Å². The maximum absolute atomic E-state index is 15.1. The Morgan fingerprint density at radius 2 is 2.14 bits per heavy atom. The van der Waals surface area contributed by atoms with Crippen LogP contribution in [-0.4, -0.2) is 17.1 Å². The molecule has 4 rings (SSSR count). The highest BCUT2D eigenvalue weighted by molar-refractivity contribution is 5.87. The Morgan fingerprint density at radius 1 is 1.36 bits per heavy atom. The van der Waals surface area contributed by atoms with Gasteiger partial charge in [0.15, 0.2) is 0 Å². The van der Waals surface area contributed by atoms with Crippen LogP contribution in [0.15, 0.2) is 18.2 Å². The fraction of sp³-hybridized carbons (Fsp3) is 0.632. The van der Waals surface area contributed by atoms with E-state index in [0.717, 1.165) is 24.0 Å². The zero-order valence-corrected chi connectivity index (χ0v) is 13.2. The number of Topliss-reactive ketones (excluding diaryl/α,β-unsaturated/α-hetero) is 1. The standard InChI is InChI=1S/C19H23FO2/c1-10-7-11-8-12(21)3-4-13(11)18-15(20)9-19(2)14(17(10)18)5-6-16(19)22/h3-4,8,10,14-15,17-18,21H,5-7,9H2,1-2H3/t10-,14+,15+,17+,18+,19+/m1/s1.